The number of nitrogens with two attached hydrogens (primary N) is 1. The van der Waals surface area contributed by atoms with Crippen LogP contribution in [0.25, 0.3) is 16.7 Å². The molecule has 1 aliphatic carbocycles. The van der Waals surface area contributed by atoms with Crippen molar-refractivity contribution in [3.63, 3.8) is 0 Å². The molecule has 1 aromatic carbocycles. The van der Waals surface area contributed by atoms with E-state index >= 15 is 0 Å². The van der Waals surface area contributed by atoms with Crippen LogP contribution in [0.2, 0.25) is 0 Å². The van der Waals surface area contributed by atoms with Gasteiger partial charge in [-0.15, -0.1) is 0 Å². The molecule has 35 heavy (non-hydrogen) atoms. The monoisotopic (exact) mass is 502 g/mol. The maximum Gasteiger partial charge on any atom is 0.308 e. The number of fused-ring (bicyclic) bond motifs is 1. The van der Waals surface area contributed by atoms with E-state index in [1.807, 2.05) is 25.1 Å². The van der Waals surface area contributed by atoms with Crippen molar-refractivity contribution < 1.29 is 22.7 Å². The number of hydrogen-bond donors (Lipinski definition) is 2. The maximum absolute atomic E-state index is 12.0. The SMILES string of the molecule is CCOC(=O)C1CCC(Nc2nccc(-n3ncc4c(OCCCS(N)(=O)=O)cccc43)n2)CC1. The summed E-state index contributed by atoms with van der Waals surface area (Å²) >= 11 is 0. The fraction of sp³-hybridized carbons (Fsp3) is 0.478. The van der Waals surface area contributed by atoms with Crippen LogP contribution in [0.3, 0.4) is 0 Å². The largest absolute Gasteiger partial charge is 0.493 e. The van der Waals surface area contributed by atoms with E-state index in [1.165, 1.54) is 0 Å². The highest BCUT2D eigenvalue weighted by Gasteiger charge is 2.27. The predicted octanol–water partition coefficient (Wildman–Crippen LogP) is 2.41. The summed E-state index contributed by atoms with van der Waals surface area (Å²) in [7, 11) is -3.51. The Morgan fingerprint density at radius 3 is 2.77 bits per heavy atom. The van der Waals surface area contributed by atoms with E-state index in [2.05, 4.69) is 20.4 Å². The molecule has 0 bridgehead atoms. The Bertz CT molecular complexity index is 1270. The van der Waals surface area contributed by atoms with Gasteiger partial charge in [0.05, 0.1) is 42.0 Å². The first-order valence-corrected chi connectivity index (χ1v) is 13.4. The number of carbonyl (C=O) groups is 1. The van der Waals surface area contributed by atoms with Crippen molar-refractivity contribution in [1.29, 1.82) is 0 Å². The summed E-state index contributed by atoms with van der Waals surface area (Å²) in [6, 6.07) is 7.52. The Labute approximate surface area is 204 Å². The lowest BCUT2D eigenvalue weighted by molar-refractivity contribution is -0.149. The van der Waals surface area contributed by atoms with Crippen molar-refractivity contribution in [2.45, 2.75) is 45.1 Å². The molecule has 4 rings (SSSR count). The number of primary sulfonamides is 1. The van der Waals surface area contributed by atoms with E-state index in [1.54, 1.807) is 23.1 Å². The van der Waals surface area contributed by atoms with E-state index in [4.69, 9.17) is 14.6 Å². The van der Waals surface area contributed by atoms with Crippen molar-refractivity contribution in [2.75, 3.05) is 24.3 Å². The molecule has 3 N–H and O–H groups in total. The highest BCUT2D eigenvalue weighted by molar-refractivity contribution is 7.89. The molecule has 1 fully saturated rings. The number of esters is 1. The molecule has 0 atom stereocenters. The van der Waals surface area contributed by atoms with Gasteiger partial charge in [0.1, 0.15) is 5.75 Å². The first-order chi connectivity index (χ1) is 16.8. The van der Waals surface area contributed by atoms with Crippen molar-refractivity contribution >= 4 is 32.8 Å². The fourth-order valence-corrected chi connectivity index (χ4v) is 4.75. The van der Waals surface area contributed by atoms with Gasteiger partial charge in [0.15, 0.2) is 5.82 Å². The number of anilines is 1. The van der Waals surface area contributed by atoms with E-state index in [0.29, 0.717) is 30.5 Å². The van der Waals surface area contributed by atoms with Gasteiger partial charge < -0.3 is 14.8 Å². The number of rotatable bonds is 10. The van der Waals surface area contributed by atoms with Gasteiger partial charge in [-0.2, -0.15) is 10.1 Å². The first kappa shape index (κ1) is 24.9. The van der Waals surface area contributed by atoms with Crippen LogP contribution >= 0.6 is 0 Å². The Hall–Kier alpha value is -3.25. The molecular formula is C23H30N6O5S. The average molecular weight is 503 g/mol. The molecule has 0 radical (unpaired) electrons. The number of benzene rings is 1. The van der Waals surface area contributed by atoms with Crippen molar-refractivity contribution in [3.8, 4) is 11.6 Å². The van der Waals surface area contributed by atoms with Gasteiger partial charge >= 0.3 is 5.97 Å². The van der Waals surface area contributed by atoms with Gasteiger partial charge in [0.2, 0.25) is 16.0 Å². The lowest BCUT2D eigenvalue weighted by Gasteiger charge is -2.27. The second-order valence-electron chi connectivity index (χ2n) is 8.50. The van der Waals surface area contributed by atoms with Crippen LogP contribution in [0.4, 0.5) is 5.95 Å². The third kappa shape index (κ3) is 6.45. The highest BCUT2D eigenvalue weighted by Crippen LogP contribution is 2.29. The minimum Gasteiger partial charge on any atom is -0.493 e. The molecule has 2 aromatic heterocycles. The fourth-order valence-electron chi connectivity index (χ4n) is 4.23. The number of hydrogen-bond acceptors (Lipinski definition) is 9. The Kier molecular flexibility index (Phi) is 7.81. The standard InChI is InChI=1S/C23H30N6O5S/c1-2-33-22(30)16-7-9-17(10-8-16)27-23-25-12-11-21(28-23)29-19-5-3-6-20(18(19)15-26-29)34-13-4-14-35(24,31)32/h3,5-6,11-12,15-17H,2,4,7-10,13-14H2,1H3,(H2,24,31,32)(H,25,27,28). The molecule has 0 spiro atoms. The molecule has 0 unspecified atom stereocenters. The van der Waals surface area contributed by atoms with Crippen molar-refractivity contribution in [1.82, 2.24) is 19.7 Å². The summed E-state index contributed by atoms with van der Waals surface area (Å²) in [5.74, 6) is 1.43. The van der Waals surface area contributed by atoms with Gasteiger partial charge in [-0.1, -0.05) is 6.07 Å². The number of nitrogens with zero attached hydrogens (tertiary/aromatic N) is 4. The normalized spacial score (nSPS) is 18.3. The quantitative estimate of drug-likeness (QED) is 0.314. The molecule has 1 aliphatic rings. The van der Waals surface area contributed by atoms with Gasteiger partial charge in [-0.25, -0.2) is 23.2 Å². The molecular weight excluding hydrogens is 472 g/mol. The van der Waals surface area contributed by atoms with Gasteiger partial charge in [-0.05, 0) is 51.2 Å². The second-order valence-corrected chi connectivity index (χ2v) is 10.2. The van der Waals surface area contributed by atoms with Crippen LogP contribution in [0.15, 0.2) is 36.7 Å². The third-order valence-corrected chi connectivity index (χ3v) is 6.80. The Balaban J connectivity index is 1.42. The average Bonchev–Trinajstić information content (AvgIpc) is 3.27. The predicted molar refractivity (Wildman–Crippen MR) is 131 cm³/mol. The molecule has 3 aromatic rings. The van der Waals surface area contributed by atoms with Crippen LogP contribution in [-0.2, 0) is 19.6 Å². The lowest BCUT2D eigenvalue weighted by Crippen LogP contribution is -2.30. The zero-order chi connectivity index (χ0) is 24.8. The van der Waals surface area contributed by atoms with E-state index in [9.17, 15) is 13.2 Å². The Morgan fingerprint density at radius 2 is 2.03 bits per heavy atom. The topological polar surface area (TPSA) is 151 Å². The summed E-state index contributed by atoms with van der Waals surface area (Å²) in [6.45, 7) is 2.46. The molecule has 1 saturated carbocycles. The summed E-state index contributed by atoms with van der Waals surface area (Å²) in [5.41, 5.74) is 0.800. The van der Waals surface area contributed by atoms with Gasteiger partial charge in [-0.3, -0.25) is 4.79 Å². The number of aromatic nitrogens is 4. The summed E-state index contributed by atoms with van der Waals surface area (Å²) in [5, 5.41) is 13.7. The maximum atomic E-state index is 12.0. The molecule has 2 heterocycles. The molecule has 12 heteroatoms. The van der Waals surface area contributed by atoms with Gasteiger partial charge in [0, 0.05) is 18.3 Å². The third-order valence-electron chi connectivity index (χ3n) is 5.94. The van der Waals surface area contributed by atoms with Crippen LogP contribution < -0.4 is 15.2 Å². The lowest BCUT2D eigenvalue weighted by atomic mass is 9.86. The number of ether oxygens (including phenoxy) is 2. The minimum atomic E-state index is -3.51. The van der Waals surface area contributed by atoms with Gasteiger partial charge in [0.25, 0.3) is 0 Å². The first-order valence-electron chi connectivity index (χ1n) is 11.7. The highest BCUT2D eigenvalue weighted by atomic mass is 32.2. The molecule has 0 amide bonds. The van der Waals surface area contributed by atoms with E-state index in [-0.39, 0.29) is 30.3 Å². The van der Waals surface area contributed by atoms with Crippen LogP contribution in [0, 0.1) is 5.92 Å². The van der Waals surface area contributed by atoms with Crippen LogP contribution in [0.5, 0.6) is 5.75 Å². The second kappa shape index (κ2) is 11.0. The zero-order valence-corrected chi connectivity index (χ0v) is 20.4. The zero-order valence-electron chi connectivity index (χ0n) is 19.6. The van der Waals surface area contributed by atoms with E-state index in [0.717, 1.165) is 36.6 Å². The summed E-state index contributed by atoms with van der Waals surface area (Å²) in [4.78, 5) is 21.0. The van der Waals surface area contributed by atoms with E-state index < -0.39 is 10.0 Å². The number of nitrogens with one attached hydrogen (secondary N) is 1. The summed E-state index contributed by atoms with van der Waals surface area (Å²) < 4.78 is 34.8. The molecule has 0 saturated heterocycles. The van der Waals surface area contributed by atoms with Crippen molar-refractivity contribution in [2.24, 2.45) is 11.1 Å². The van der Waals surface area contributed by atoms with Crippen LogP contribution in [0.1, 0.15) is 39.0 Å². The van der Waals surface area contributed by atoms with Crippen molar-refractivity contribution in [3.05, 3.63) is 36.7 Å². The van der Waals surface area contributed by atoms with Crippen LogP contribution in [-0.4, -0.2) is 59.1 Å². The minimum absolute atomic E-state index is 0.0354. The smallest absolute Gasteiger partial charge is 0.308 e. The molecule has 0 aliphatic heterocycles. The number of carbonyl (C=O) groups excluding carboxylic acids is 1. The number of sulfonamides is 1. The molecule has 11 nitrogen and oxygen atoms in total. The summed E-state index contributed by atoms with van der Waals surface area (Å²) in [6.07, 6.45) is 6.90. The Morgan fingerprint density at radius 1 is 1.23 bits per heavy atom. The molecule has 188 valence electrons.